The number of halogens is 5. The van der Waals surface area contributed by atoms with Crippen molar-refractivity contribution < 1.29 is 31.5 Å². The lowest BCUT2D eigenvalue weighted by Crippen LogP contribution is -2.35. The molecule has 7 heteroatoms. The molecule has 0 atom stereocenters. The Balaban J connectivity index is 0.887. The number of carbonyl (C=O) groups excluding carboxylic acids is 1. The van der Waals surface area contributed by atoms with Crippen LogP contribution in [0.5, 0.6) is 5.75 Å². The van der Waals surface area contributed by atoms with Gasteiger partial charge >= 0.3 is 6.18 Å². The number of ether oxygens (including phenoxy) is 1. The smallest absolute Gasteiger partial charge is 0.416 e. The van der Waals surface area contributed by atoms with Crippen LogP contribution in [0, 0.1) is 17.6 Å². The van der Waals surface area contributed by atoms with Crippen LogP contribution < -0.4 is 4.74 Å². The van der Waals surface area contributed by atoms with E-state index in [-0.39, 0.29) is 16.9 Å². The monoisotopic (exact) mass is 962 g/mol. The van der Waals surface area contributed by atoms with Gasteiger partial charge in [0.2, 0.25) is 0 Å². The molecule has 0 radical (unpaired) electrons. The zero-order valence-corrected chi connectivity index (χ0v) is 40.7. The van der Waals surface area contributed by atoms with E-state index in [1.165, 1.54) is 87.3 Å². The Morgan fingerprint density at radius 1 is 0.625 bits per heavy atom. The summed E-state index contributed by atoms with van der Waals surface area (Å²) in [4.78, 5) is 13.9. The van der Waals surface area contributed by atoms with E-state index >= 15 is 0 Å². The molecule has 8 aromatic carbocycles. The van der Waals surface area contributed by atoms with Gasteiger partial charge in [-0.25, -0.2) is 8.78 Å². The normalized spacial score (nSPS) is 17.5. The van der Waals surface area contributed by atoms with Crippen molar-refractivity contribution in [2.45, 2.75) is 95.2 Å². The Bertz CT molecular complexity index is 3310. The van der Waals surface area contributed by atoms with Crippen molar-refractivity contribution >= 4 is 22.6 Å². The minimum Gasteiger partial charge on any atom is -0.472 e. The van der Waals surface area contributed by atoms with Crippen LogP contribution in [0.1, 0.15) is 133 Å². The summed E-state index contributed by atoms with van der Waals surface area (Å²) < 4.78 is 79.5. The number of fused-ring (bicyclic) bond motifs is 8. The lowest BCUT2D eigenvalue weighted by atomic mass is 9.76. The first-order chi connectivity index (χ1) is 34.7. The maximum absolute atomic E-state index is 14.6. The maximum Gasteiger partial charge on any atom is 0.416 e. The second-order valence-corrected chi connectivity index (χ2v) is 20.6. The Morgan fingerprint density at radius 2 is 1.18 bits per heavy atom. The molecule has 8 aromatic rings. The highest BCUT2D eigenvalue weighted by atomic mass is 19.4. The average molecular weight is 963 g/mol. The molecule has 362 valence electrons. The van der Waals surface area contributed by atoms with Crippen molar-refractivity contribution in [3.8, 4) is 39.1 Å². The van der Waals surface area contributed by atoms with E-state index in [0.717, 1.165) is 62.6 Å². The molecule has 2 nitrogen and oxygen atoms in total. The van der Waals surface area contributed by atoms with E-state index < -0.39 is 34.4 Å². The molecule has 72 heavy (non-hydrogen) atoms. The number of unbranched alkanes of at least 4 members (excludes halogenated alkanes) is 2. The molecule has 0 aromatic heterocycles. The fourth-order valence-corrected chi connectivity index (χ4v) is 11.9. The van der Waals surface area contributed by atoms with Crippen molar-refractivity contribution in [3.63, 3.8) is 0 Å². The molecule has 0 amide bonds. The minimum atomic E-state index is -4.64. The summed E-state index contributed by atoms with van der Waals surface area (Å²) in [5.41, 5.74) is 8.95. The van der Waals surface area contributed by atoms with Crippen LogP contribution in [0.2, 0.25) is 0 Å². The number of hydrogen-bond acceptors (Lipinski definition) is 2. The predicted molar refractivity (Wildman–Crippen MR) is 279 cm³/mol. The first-order valence-electron chi connectivity index (χ1n) is 25.3. The Labute approximate surface area is 418 Å². The van der Waals surface area contributed by atoms with Gasteiger partial charge < -0.3 is 4.74 Å². The molecular formula is C65H55F5O2. The molecule has 3 aliphatic rings. The highest BCUT2D eigenvalue weighted by molar-refractivity contribution is 6.10. The summed E-state index contributed by atoms with van der Waals surface area (Å²) in [5, 5.41) is 0.845. The van der Waals surface area contributed by atoms with Crippen LogP contribution in [-0.4, -0.2) is 5.78 Å². The van der Waals surface area contributed by atoms with E-state index in [9.17, 15) is 26.7 Å². The van der Waals surface area contributed by atoms with Gasteiger partial charge in [-0.2, -0.15) is 13.2 Å². The first-order valence-corrected chi connectivity index (χ1v) is 25.3. The number of rotatable bonds is 11. The number of hydrogen-bond donors (Lipinski definition) is 0. The molecule has 1 aliphatic heterocycles. The minimum absolute atomic E-state index is 0.0778. The topological polar surface area (TPSA) is 26.3 Å². The van der Waals surface area contributed by atoms with E-state index in [1.807, 2.05) is 66.7 Å². The second-order valence-electron chi connectivity index (χ2n) is 20.6. The molecular weight excluding hydrogens is 908 g/mol. The van der Waals surface area contributed by atoms with Gasteiger partial charge in [-0.15, -0.1) is 0 Å². The van der Waals surface area contributed by atoms with Crippen molar-refractivity contribution in [3.05, 3.63) is 226 Å². The SMILES string of the molecule is CCCCCC1CCC(c2ccc(-c3ccc(C(=O)c4ccc(-c5ccc6c(c5)-c5c(c7c(c8cc(C(F)(F)F)ccc58)OC(c5ccc(F)cc5)(c5ccc(F)cc5)C=C7)C6(C)C)cc4)cc3)cc2)CC1. The van der Waals surface area contributed by atoms with Crippen LogP contribution >= 0.6 is 0 Å². The van der Waals surface area contributed by atoms with E-state index in [0.29, 0.717) is 39.1 Å². The average Bonchev–Trinajstić information content (AvgIpc) is 3.64. The Hall–Kier alpha value is -7.12. The molecule has 0 bridgehead atoms. The van der Waals surface area contributed by atoms with Gasteiger partial charge in [-0.1, -0.05) is 168 Å². The van der Waals surface area contributed by atoms with Crippen molar-refractivity contribution in [2.75, 3.05) is 0 Å². The van der Waals surface area contributed by atoms with Crippen LogP contribution in [0.15, 0.2) is 164 Å². The fraction of sp³-hybridized carbons (Fsp3) is 0.246. The van der Waals surface area contributed by atoms with Gasteiger partial charge in [0, 0.05) is 38.6 Å². The van der Waals surface area contributed by atoms with Gasteiger partial charge in [0.15, 0.2) is 11.4 Å². The fourth-order valence-electron chi connectivity index (χ4n) is 11.9. The van der Waals surface area contributed by atoms with Gasteiger partial charge in [0.05, 0.1) is 5.56 Å². The largest absolute Gasteiger partial charge is 0.472 e. The zero-order valence-electron chi connectivity index (χ0n) is 40.7. The van der Waals surface area contributed by atoms with Crippen molar-refractivity contribution in [2.24, 2.45) is 5.92 Å². The molecule has 0 spiro atoms. The highest BCUT2D eigenvalue weighted by Crippen LogP contribution is 2.59. The van der Waals surface area contributed by atoms with Crippen LogP contribution in [-0.2, 0) is 17.2 Å². The van der Waals surface area contributed by atoms with Gasteiger partial charge in [0.25, 0.3) is 0 Å². The molecule has 0 saturated heterocycles. The van der Waals surface area contributed by atoms with Crippen molar-refractivity contribution in [1.82, 2.24) is 0 Å². The predicted octanol–water partition coefficient (Wildman–Crippen LogP) is 18.2. The lowest BCUT2D eigenvalue weighted by Gasteiger charge is -2.38. The third kappa shape index (κ3) is 8.44. The number of alkyl halides is 3. The van der Waals surface area contributed by atoms with Crippen LogP contribution in [0.25, 0.3) is 50.2 Å². The highest BCUT2D eigenvalue weighted by Gasteiger charge is 2.45. The van der Waals surface area contributed by atoms with Crippen LogP contribution in [0.4, 0.5) is 22.0 Å². The maximum atomic E-state index is 14.6. The standard InChI is InChI=1S/C65H55F5O2/c1-4-5-6-7-40-8-10-41(11-9-40)42-12-14-43(15-13-42)44-16-20-46(21-17-44)61(71)47-22-18-45(19-23-47)48-24-35-58-57(38-48)59-54-34-29-51(65(68,69)70)39-56(54)62-55(60(59)63(58,2)3)36-37-64(72-62,49-25-30-52(66)31-26-49)50-27-32-53(67)33-28-50/h12-41H,4-11H2,1-3H3. The first kappa shape index (κ1) is 47.2. The third-order valence-electron chi connectivity index (χ3n) is 15.9. The van der Waals surface area contributed by atoms with E-state index in [4.69, 9.17) is 4.74 Å². The van der Waals surface area contributed by atoms with Crippen molar-refractivity contribution in [1.29, 1.82) is 0 Å². The Kier molecular flexibility index (Phi) is 12.1. The summed E-state index contributed by atoms with van der Waals surface area (Å²) in [7, 11) is 0. The number of ketones is 1. The van der Waals surface area contributed by atoms with Gasteiger partial charge in [-0.05, 0) is 142 Å². The molecule has 0 N–H and O–H groups in total. The molecule has 11 rings (SSSR count). The number of benzene rings is 8. The lowest BCUT2D eigenvalue weighted by molar-refractivity contribution is -0.137. The third-order valence-corrected chi connectivity index (χ3v) is 15.9. The molecule has 1 heterocycles. The van der Waals surface area contributed by atoms with Crippen LogP contribution in [0.3, 0.4) is 0 Å². The van der Waals surface area contributed by atoms with Gasteiger partial charge in [-0.3, -0.25) is 4.79 Å². The van der Waals surface area contributed by atoms with E-state index in [2.05, 4.69) is 57.2 Å². The zero-order chi connectivity index (χ0) is 49.9. The summed E-state index contributed by atoms with van der Waals surface area (Å²) in [5.74, 6) is 0.755. The molecule has 0 unspecified atom stereocenters. The summed E-state index contributed by atoms with van der Waals surface area (Å²) >= 11 is 0. The molecule has 1 saturated carbocycles. The molecule has 1 fully saturated rings. The summed E-state index contributed by atoms with van der Waals surface area (Å²) in [6.45, 7) is 6.48. The summed E-state index contributed by atoms with van der Waals surface area (Å²) in [6.07, 6.45) is 9.63. The second kappa shape index (κ2) is 18.5. The molecule has 2 aliphatic carbocycles. The van der Waals surface area contributed by atoms with E-state index in [1.54, 1.807) is 24.3 Å². The number of carbonyl (C=O) groups is 1. The quantitative estimate of drug-likeness (QED) is 0.0733. The Morgan fingerprint density at radius 3 is 1.75 bits per heavy atom. The summed E-state index contributed by atoms with van der Waals surface area (Å²) in [6, 6.07) is 45.9. The van der Waals surface area contributed by atoms with Gasteiger partial charge in [0.1, 0.15) is 17.4 Å².